The minimum absolute atomic E-state index is 0.117. The molecule has 0 radical (unpaired) electrons. The number of nitrogens with zero attached hydrogens (tertiary/aromatic N) is 3. The van der Waals surface area contributed by atoms with Gasteiger partial charge in [0.25, 0.3) is 0 Å². The van der Waals surface area contributed by atoms with Gasteiger partial charge < -0.3 is 9.30 Å². The predicted molar refractivity (Wildman–Crippen MR) is 80.6 cm³/mol. The molecule has 0 bridgehead atoms. The Morgan fingerprint density at radius 1 is 1.40 bits per heavy atom. The Morgan fingerprint density at radius 3 is 2.70 bits per heavy atom. The van der Waals surface area contributed by atoms with Crippen molar-refractivity contribution < 1.29 is 4.74 Å². The number of halogens is 1. The van der Waals surface area contributed by atoms with E-state index in [-0.39, 0.29) is 11.5 Å². The number of hydrogen-bond acceptors (Lipinski definition) is 3. The summed E-state index contributed by atoms with van der Waals surface area (Å²) in [5.74, 6) is 1.08. The summed E-state index contributed by atoms with van der Waals surface area (Å²) in [6.45, 7) is 0. The Bertz CT molecular complexity index is 601. The third-order valence-corrected chi connectivity index (χ3v) is 4.81. The fourth-order valence-electron chi connectivity index (χ4n) is 3.06. The third-order valence-electron chi connectivity index (χ3n) is 4.32. The maximum absolute atomic E-state index is 5.91. The molecule has 0 saturated heterocycles. The van der Waals surface area contributed by atoms with Gasteiger partial charge in [-0.1, -0.05) is 28.1 Å². The summed E-state index contributed by atoms with van der Waals surface area (Å²) in [7, 11) is 3.79. The summed E-state index contributed by atoms with van der Waals surface area (Å²) in [6, 6.07) is 8.39. The van der Waals surface area contributed by atoms with Crippen LogP contribution in [0.4, 0.5) is 0 Å². The van der Waals surface area contributed by atoms with Gasteiger partial charge in [0.15, 0.2) is 0 Å². The van der Waals surface area contributed by atoms with Crippen molar-refractivity contribution >= 4 is 15.9 Å². The number of methoxy groups -OCH3 is 1. The highest BCUT2D eigenvalue weighted by Gasteiger charge is 2.47. The fourth-order valence-corrected chi connectivity index (χ4v) is 3.48. The largest absolute Gasteiger partial charge is 0.377 e. The Kier molecular flexibility index (Phi) is 3.65. The van der Waals surface area contributed by atoms with Crippen molar-refractivity contribution in [1.29, 1.82) is 0 Å². The maximum Gasteiger partial charge on any atom is 0.143 e. The van der Waals surface area contributed by atoms with Gasteiger partial charge >= 0.3 is 0 Å². The molecule has 1 aromatic carbocycles. The summed E-state index contributed by atoms with van der Waals surface area (Å²) in [6.07, 6.45) is 5.08. The Labute approximate surface area is 127 Å². The fraction of sp³-hybridized carbons (Fsp3) is 0.467. The highest BCUT2D eigenvalue weighted by atomic mass is 79.9. The number of aromatic nitrogens is 3. The van der Waals surface area contributed by atoms with Crippen LogP contribution in [0.2, 0.25) is 0 Å². The van der Waals surface area contributed by atoms with Crippen LogP contribution in [0.3, 0.4) is 0 Å². The molecule has 1 unspecified atom stereocenters. The van der Waals surface area contributed by atoms with E-state index >= 15 is 0 Å². The van der Waals surface area contributed by atoms with Crippen molar-refractivity contribution in [3.8, 4) is 0 Å². The molecule has 1 heterocycles. The molecule has 0 amide bonds. The molecule has 4 nitrogen and oxygen atoms in total. The van der Waals surface area contributed by atoms with E-state index in [1.54, 1.807) is 13.4 Å². The van der Waals surface area contributed by atoms with Crippen molar-refractivity contribution in [2.45, 2.75) is 30.8 Å². The molecule has 0 N–H and O–H groups in total. The molecule has 2 aromatic rings. The van der Waals surface area contributed by atoms with Gasteiger partial charge in [0.1, 0.15) is 12.2 Å². The first-order valence-corrected chi connectivity index (χ1v) is 7.60. The second-order valence-electron chi connectivity index (χ2n) is 5.41. The van der Waals surface area contributed by atoms with E-state index in [4.69, 9.17) is 4.74 Å². The molecular formula is C15H18BrN3O. The van der Waals surface area contributed by atoms with E-state index in [0.717, 1.165) is 23.1 Å². The monoisotopic (exact) mass is 335 g/mol. The highest BCUT2D eigenvalue weighted by Crippen LogP contribution is 2.48. The molecule has 5 heteroatoms. The minimum atomic E-state index is -0.151. The molecule has 0 aliphatic heterocycles. The van der Waals surface area contributed by atoms with Gasteiger partial charge in [-0.05, 0) is 37.0 Å². The van der Waals surface area contributed by atoms with Crippen LogP contribution < -0.4 is 0 Å². The summed E-state index contributed by atoms with van der Waals surface area (Å²) in [4.78, 5) is 0. The summed E-state index contributed by atoms with van der Waals surface area (Å²) in [5, 5.41) is 8.38. The molecule has 20 heavy (non-hydrogen) atoms. The van der Waals surface area contributed by atoms with E-state index in [0.29, 0.717) is 0 Å². The van der Waals surface area contributed by atoms with Crippen LogP contribution in [-0.2, 0) is 11.8 Å². The second-order valence-corrected chi connectivity index (χ2v) is 6.33. The molecule has 1 aromatic heterocycles. The highest BCUT2D eigenvalue weighted by molar-refractivity contribution is 9.10. The lowest BCUT2D eigenvalue weighted by Crippen LogP contribution is -2.46. The average molecular weight is 336 g/mol. The van der Waals surface area contributed by atoms with E-state index in [2.05, 4.69) is 44.3 Å². The molecule has 3 rings (SSSR count). The van der Waals surface area contributed by atoms with Crippen LogP contribution in [0.15, 0.2) is 35.1 Å². The first kappa shape index (κ1) is 13.8. The summed E-state index contributed by atoms with van der Waals surface area (Å²) in [5.41, 5.74) is 1.07. The lowest BCUT2D eigenvalue weighted by molar-refractivity contribution is -0.0857. The van der Waals surface area contributed by atoms with Gasteiger partial charge in [0, 0.05) is 18.6 Å². The Hall–Kier alpha value is -1.20. The molecule has 1 aliphatic carbocycles. The van der Waals surface area contributed by atoms with E-state index in [9.17, 15) is 0 Å². The van der Waals surface area contributed by atoms with Gasteiger partial charge in [-0.25, -0.2) is 0 Å². The van der Waals surface area contributed by atoms with E-state index in [1.807, 2.05) is 17.7 Å². The zero-order valence-corrected chi connectivity index (χ0v) is 13.3. The van der Waals surface area contributed by atoms with Gasteiger partial charge in [0.05, 0.1) is 11.5 Å². The summed E-state index contributed by atoms with van der Waals surface area (Å²) >= 11 is 3.56. The van der Waals surface area contributed by atoms with Crippen LogP contribution in [0.25, 0.3) is 0 Å². The molecular weight excluding hydrogens is 318 g/mol. The molecule has 1 saturated carbocycles. The molecule has 1 atom stereocenters. The molecule has 106 valence electrons. The first-order chi connectivity index (χ1) is 9.66. The quantitative estimate of drug-likeness (QED) is 0.860. The van der Waals surface area contributed by atoms with Crippen LogP contribution in [0.1, 0.15) is 36.6 Å². The van der Waals surface area contributed by atoms with Crippen LogP contribution in [0.5, 0.6) is 0 Å². The van der Waals surface area contributed by atoms with Crippen molar-refractivity contribution in [3.05, 3.63) is 46.5 Å². The Morgan fingerprint density at radius 2 is 2.20 bits per heavy atom. The summed E-state index contributed by atoms with van der Waals surface area (Å²) < 4.78 is 8.98. The maximum atomic E-state index is 5.91. The van der Waals surface area contributed by atoms with Crippen LogP contribution >= 0.6 is 15.9 Å². The van der Waals surface area contributed by atoms with Crippen molar-refractivity contribution in [2.24, 2.45) is 7.05 Å². The van der Waals surface area contributed by atoms with E-state index < -0.39 is 0 Å². The molecule has 1 fully saturated rings. The normalized spacial score (nSPS) is 18.6. The lowest BCUT2D eigenvalue weighted by Gasteiger charge is -2.46. The van der Waals surface area contributed by atoms with Crippen molar-refractivity contribution in [1.82, 2.24) is 14.8 Å². The zero-order valence-electron chi connectivity index (χ0n) is 11.7. The van der Waals surface area contributed by atoms with Gasteiger partial charge in [-0.15, -0.1) is 10.2 Å². The zero-order chi connectivity index (χ0) is 14.2. The van der Waals surface area contributed by atoms with Crippen LogP contribution in [0, 0.1) is 0 Å². The van der Waals surface area contributed by atoms with E-state index in [1.165, 1.54) is 12.0 Å². The van der Waals surface area contributed by atoms with Gasteiger partial charge in [0.2, 0.25) is 0 Å². The SMILES string of the molecule is COC1(C(c2cccc(Br)c2)c2nncn2C)CCC1. The van der Waals surface area contributed by atoms with Crippen molar-refractivity contribution in [3.63, 3.8) is 0 Å². The number of aryl methyl sites for hydroxylation is 1. The molecule has 0 spiro atoms. The number of rotatable bonds is 4. The smallest absolute Gasteiger partial charge is 0.143 e. The number of benzene rings is 1. The minimum Gasteiger partial charge on any atom is -0.377 e. The Balaban J connectivity index is 2.11. The van der Waals surface area contributed by atoms with Crippen molar-refractivity contribution in [2.75, 3.05) is 7.11 Å². The standard InChI is InChI=1S/C15H18BrN3O/c1-19-10-17-18-14(19)13(15(20-2)7-4-8-15)11-5-3-6-12(16)9-11/h3,5-6,9-10,13H,4,7-8H2,1-2H3. The third kappa shape index (κ3) is 2.19. The van der Waals surface area contributed by atoms with Crippen LogP contribution in [-0.4, -0.2) is 27.5 Å². The second kappa shape index (κ2) is 5.30. The predicted octanol–water partition coefficient (Wildman–Crippen LogP) is 3.28. The van der Waals surface area contributed by atoms with Gasteiger partial charge in [-0.2, -0.15) is 0 Å². The lowest BCUT2D eigenvalue weighted by atomic mass is 9.68. The number of hydrogen-bond donors (Lipinski definition) is 0. The first-order valence-electron chi connectivity index (χ1n) is 6.81. The molecule has 1 aliphatic rings. The topological polar surface area (TPSA) is 39.9 Å². The average Bonchev–Trinajstić information content (AvgIpc) is 2.79. The van der Waals surface area contributed by atoms with Gasteiger partial charge in [-0.3, -0.25) is 0 Å². The number of ether oxygens (including phenoxy) is 1.